The summed E-state index contributed by atoms with van der Waals surface area (Å²) in [6.07, 6.45) is 8.37. The molecule has 0 aromatic rings. The molecule has 0 bridgehead atoms. The molecule has 0 atom stereocenters. The van der Waals surface area contributed by atoms with Gasteiger partial charge in [0.15, 0.2) is 0 Å². The molecule has 0 unspecified atom stereocenters. The van der Waals surface area contributed by atoms with Crippen LogP contribution in [0.3, 0.4) is 0 Å². The van der Waals surface area contributed by atoms with Crippen LogP contribution in [0.25, 0.3) is 0 Å². The van der Waals surface area contributed by atoms with Crippen LogP contribution >= 0.6 is 0 Å². The lowest BCUT2D eigenvalue weighted by molar-refractivity contribution is 0.834. The Kier molecular flexibility index (Phi) is 8.63. The van der Waals surface area contributed by atoms with Crippen LogP contribution < -0.4 is 23.4 Å². The average Bonchev–Trinajstić information content (AvgIpc) is 2.56. The molecule has 124 valence electrons. The second kappa shape index (κ2) is 10.6. The van der Waals surface area contributed by atoms with E-state index >= 15 is 0 Å². The van der Waals surface area contributed by atoms with Crippen molar-refractivity contribution < 1.29 is 0 Å². The van der Waals surface area contributed by atoms with Gasteiger partial charge in [0, 0.05) is 22.8 Å². The van der Waals surface area contributed by atoms with Gasteiger partial charge in [0.25, 0.3) is 0 Å². The van der Waals surface area contributed by atoms with E-state index in [-0.39, 0.29) is 0 Å². The highest BCUT2D eigenvalue weighted by Crippen LogP contribution is 2.13. The smallest absolute Gasteiger partial charge is 0.0379 e. The van der Waals surface area contributed by atoms with Crippen molar-refractivity contribution >= 4 is 22.8 Å². The number of nitrogens with two attached hydrogens (primary N) is 4. The maximum Gasteiger partial charge on any atom is 0.0379 e. The molecule has 8 nitrogen and oxygen atoms in total. The van der Waals surface area contributed by atoms with Gasteiger partial charge in [-0.3, -0.25) is 0 Å². The third-order valence-corrected chi connectivity index (χ3v) is 4.00. The molecule has 1 aliphatic rings. The fourth-order valence-corrected chi connectivity index (χ4v) is 2.59. The van der Waals surface area contributed by atoms with E-state index in [4.69, 9.17) is 23.4 Å². The molecule has 0 aromatic heterocycles. The number of hydrazone groups is 4. The maximum atomic E-state index is 5.46. The summed E-state index contributed by atoms with van der Waals surface area (Å²) in [6.45, 7) is 0. The van der Waals surface area contributed by atoms with Crippen molar-refractivity contribution in [3.05, 3.63) is 0 Å². The van der Waals surface area contributed by atoms with Gasteiger partial charge < -0.3 is 23.4 Å². The van der Waals surface area contributed by atoms with Gasteiger partial charge in [-0.1, -0.05) is 0 Å². The normalized spacial score (nSPS) is 27.3. The first-order chi connectivity index (χ1) is 10.7. The monoisotopic (exact) mass is 308 g/mol. The van der Waals surface area contributed by atoms with E-state index in [0.717, 1.165) is 87.1 Å². The molecule has 22 heavy (non-hydrogen) atoms. The molecule has 1 saturated carbocycles. The second-order valence-corrected chi connectivity index (χ2v) is 5.49. The first-order valence-corrected chi connectivity index (χ1v) is 7.76. The Hall–Kier alpha value is -2.12. The molecule has 1 fully saturated rings. The number of nitrogens with zero attached hydrogens (tertiary/aromatic N) is 4. The van der Waals surface area contributed by atoms with Gasteiger partial charge in [0.1, 0.15) is 0 Å². The van der Waals surface area contributed by atoms with Gasteiger partial charge in [-0.05, 0) is 64.2 Å². The summed E-state index contributed by atoms with van der Waals surface area (Å²) in [6, 6.07) is 0. The standard InChI is InChI=1S/C14H28N8/c15-19-11-3-1-4-12(20-16)8-10-14(22-18)6-2-5-13(21-17)9-7-11/h1-10,15-18H2. The summed E-state index contributed by atoms with van der Waals surface area (Å²) in [5.41, 5.74) is 3.94. The summed E-state index contributed by atoms with van der Waals surface area (Å²) >= 11 is 0. The number of hydrogen-bond donors (Lipinski definition) is 4. The molecule has 0 spiro atoms. The van der Waals surface area contributed by atoms with Gasteiger partial charge >= 0.3 is 0 Å². The van der Waals surface area contributed by atoms with Crippen molar-refractivity contribution in [2.45, 2.75) is 64.2 Å². The van der Waals surface area contributed by atoms with Crippen LogP contribution in [0.15, 0.2) is 20.4 Å². The Bertz CT molecular complexity index is 368. The first-order valence-electron chi connectivity index (χ1n) is 7.76. The van der Waals surface area contributed by atoms with E-state index < -0.39 is 0 Å². The Morgan fingerprint density at radius 2 is 0.636 bits per heavy atom. The van der Waals surface area contributed by atoms with Crippen molar-refractivity contribution in [1.29, 1.82) is 0 Å². The quantitative estimate of drug-likeness (QED) is 0.391. The van der Waals surface area contributed by atoms with Crippen LogP contribution in [0.2, 0.25) is 0 Å². The fourth-order valence-electron chi connectivity index (χ4n) is 2.59. The SMILES string of the molecule is NN=C1CCCC(=NN)CCC(=NN)CCCC(=NN)CC1. The van der Waals surface area contributed by atoms with Gasteiger partial charge in [0.2, 0.25) is 0 Å². The van der Waals surface area contributed by atoms with E-state index in [0.29, 0.717) is 0 Å². The summed E-state index contributed by atoms with van der Waals surface area (Å²) < 4.78 is 0. The third kappa shape index (κ3) is 6.55. The highest BCUT2D eigenvalue weighted by Gasteiger charge is 2.10. The highest BCUT2D eigenvalue weighted by atomic mass is 15.1. The van der Waals surface area contributed by atoms with E-state index in [1.807, 2.05) is 0 Å². The maximum absolute atomic E-state index is 5.46. The van der Waals surface area contributed by atoms with E-state index in [1.165, 1.54) is 0 Å². The van der Waals surface area contributed by atoms with Gasteiger partial charge in [-0.25, -0.2) is 0 Å². The van der Waals surface area contributed by atoms with E-state index in [2.05, 4.69) is 20.4 Å². The van der Waals surface area contributed by atoms with Gasteiger partial charge in [-0.15, -0.1) is 0 Å². The van der Waals surface area contributed by atoms with Crippen LogP contribution in [-0.4, -0.2) is 22.8 Å². The molecule has 1 rings (SSSR count). The molecule has 0 heterocycles. The molecule has 0 aromatic carbocycles. The minimum atomic E-state index is 0.791. The van der Waals surface area contributed by atoms with E-state index in [1.54, 1.807) is 0 Å². The molecule has 1 aliphatic carbocycles. The molecule has 0 amide bonds. The van der Waals surface area contributed by atoms with Crippen LogP contribution in [0.5, 0.6) is 0 Å². The summed E-state index contributed by atoms with van der Waals surface area (Å²) in [4.78, 5) is 0. The van der Waals surface area contributed by atoms with Crippen molar-refractivity contribution in [2.24, 2.45) is 43.8 Å². The summed E-state index contributed by atoms with van der Waals surface area (Å²) in [7, 11) is 0. The largest absolute Gasteiger partial charge is 0.323 e. The molecule has 8 N–H and O–H groups in total. The molecule has 0 saturated heterocycles. The Labute approximate surface area is 131 Å². The van der Waals surface area contributed by atoms with Crippen molar-refractivity contribution in [2.75, 3.05) is 0 Å². The molecule has 0 radical (unpaired) electrons. The zero-order chi connectivity index (χ0) is 16.2. The lowest BCUT2D eigenvalue weighted by Crippen LogP contribution is -2.13. The van der Waals surface area contributed by atoms with Crippen molar-refractivity contribution in [3.8, 4) is 0 Å². The van der Waals surface area contributed by atoms with Gasteiger partial charge in [0.05, 0.1) is 0 Å². The average molecular weight is 308 g/mol. The van der Waals surface area contributed by atoms with Crippen LogP contribution in [0, 0.1) is 0 Å². The van der Waals surface area contributed by atoms with Crippen molar-refractivity contribution in [1.82, 2.24) is 0 Å². The lowest BCUT2D eigenvalue weighted by atomic mass is 9.97. The summed E-state index contributed by atoms with van der Waals surface area (Å²) in [5, 5.41) is 15.5. The molecular weight excluding hydrogens is 280 g/mol. The number of hydrogen-bond acceptors (Lipinski definition) is 8. The van der Waals surface area contributed by atoms with Crippen molar-refractivity contribution in [3.63, 3.8) is 0 Å². The fraction of sp³-hybridized carbons (Fsp3) is 0.714. The Morgan fingerprint density at radius 1 is 0.409 bits per heavy atom. The second-order valence-electron chi connectivity index (χ2n) is 5.49. The Balaban J connectivity index is 2.73. The van der Waals surface area contributed by atoms with Crippen LogP contribution in [0.4, 0.5) is 0 Å². The molecular formula is C14H28N8. The zero-order valence-corrected chi connectivity index (χ0v) is 13.2. The molecule has 8 heteroatoms. The third-order valence-electron chi connectivity index (χ3n) is 4.00. The lowest BCUT2D eigenvalue weighted by Gasteiger charge is -2.11. The minimum Gasteiger partial charge on any atom is -0.323 e. The first kappa shape index (κ1) is 17.9. The zero-order valence-electron chi connectivity index (χ0n) is 13.2. The predicted octanol–water partition coefficient (Wildman–Crippen LogP) is 1.16. The topological polar surface area (TPSA) is 154 Å². The Morgan fingerprint density at radius 3 is 0.818 bits per heavy atom. The van der Waals surface area contributed by atoms with Crippen LogP contribution in [0.1, 0.15) is 64.2 Å². The van der Waals surface area contributed by atoms with Crippen LogP contribution in [-0.2, 0) is 0 Å². The predicted molar refractivity (Wildman–Crippen MR) is 92.7 cm³/mol. The molecule has 0 aliphatic heterocycles. The summed E-state index contributed by atoms with van der Waals surface area (Å²) in [5.74, 6) is 21.8. The highest BCUT2D eigenvalue weighted by molar-refractivity contribution is 5.94. The minimum absolute atomic E-state index is 0.791. The van der Waals surface area contributed by atoms with E-state index in [9.17, 15) is 0 Å². The number of rotatable bonds is 0. The van der Waals surface area contributed by atoms with Gasteiger partial charge in [-0.2, -0.15) is 20.4 Å².